The van der Waals surface area contributed by atoms with Gasteiger partial charge in [0.05, 0.1) is 0 Å². The Hall–Kier alpha value is -1.57. The molecule has 0 aliphatic carbocycles. The number of aromatic nitrogens is 1. The summed E-state index contributed by atoms with van der Waals surface area (Å²) in [6, 6.07) is 7.81. The van der Waals surface area contributed by atoms with E-state index in [1.165, 1.54) is 5.57 Å². The molecule has 0 aliphatic rings. The minimum atomic E-state index is 0.728. The minimum absolute atomic E-state index is 0.728. The van der Waals surface area contributed by atoms with Crippen LogP contribution in [0, 0.1) is 0 Å². The van der Waals surface area contributed by atoms with Gasteiger partial charge in [0.25, 0.3) is 0 Å². The first-order valence-corrected chi connectivity index (χ1v) is 4.68. The second-order valence-electron chi connectivity index (χ2n) is 3.61. The highest BCUT2D eigenvalue weighted by Crippen LogP contribution is 2.22. The van der Waals surface area contributed by atoms with E-state index in [0.29, 0.717) is 0 Å². The highest BCUT2D eigenvalue weighted by atomic mass is 16.3. The molecular weight excluding hydrogens is 174 g/mol. The maximum atomic E-state index is 5.62. The summed E-state index contributed by atoms with van der Waals surface area (Å²) in [5.74, 6) is 0.728. The van der Waals surface area contributed by atoms with Crippen molar-refractivity contribution in [1.82, 2.24) is 4.98 Å². The van der Waals surface area contributed by atoms with Crippen molar-refractivity contribution in [3.63, 3.8) is 0 Å². The summed E-state index contributed by atoms with van der Waals surface area (Å²) in [6.45, 7) is 6.15. The minimum Gasteiger partial charge on any atom is -0.436 e. The fourth-order valence-electron chi connectivity index (χ4n) is 1.25. The van der Waals surface area contributed by atoms with Gasteiger partial charge in [0.2, 0.25) is 5.89 Å². The molecule has 1 aromatic carbocycles. The van der Waals surface area contributed by atoms with Crippen LogP contribution in [-0.2, 0) is 0 Å². The molecule has 0 unspecified atom stereocenters. The van der Waals surface area contributed by atoms with Gasteiger partial charge in [-0.3, -0.25) is 0 Å². The van der Waals surface area contributed by atoms with Gasteiger partial charge in [-0.05, 0) is 32.9 Å². The Bertz CT molecular complexity index is 457. The molecule has 1 aromatic heterocycles. The van der Waals surface area contributed by atoms with E-state index in [0.717, 1.165) is 22.6 Å². The molecule has 0 N–H and O–H groups in total. The lowest BCUT2D eigenvalue weighted by Crippen LogP contribution is -1.80. The summed E-state index contributed by atoms with van der Waals surface area (Å²) in [7, 11) is 0. The Morgan fingerprint density at radius 2 is 1.86 bits per heavy atom. The second-order valence-corrected chi connectivity index (χ2v) is 3.61. The normalized spacial score (nSPS) is 10.5. The fraction of sp³-hybridized carbons (Fsp3) is 0.250. The molecular formula is C12H13NO. The number of allylic oxidation sites excluding steroid dienone is 2. The molecule has 2 heteroatoms. The van der Waals surface area contributed by atoms with Crippen LogP contribution in [0.2, 0.25) is 0 Å². The van der Waals surface area contributed by atoms with Crippen molar-refractivity contribution in [3.05, 3.63) is 35.7 Å². The third-order valence-corrected chi connectivity index (χ3v) is 2.36. The van der Waals surface area contributed by atoms with E-state index in [-0.39, 0.29) is 0 Å². The second kappa shape index (κ2) is 3.29. The number of hydrogen-bond acceptors (Lipinski definition) is 2. The summed E-state index contributed by atoms with van der Waals surface area (Å²) in [4.78, 5) is 4.41. The number of oxazole rings is 1. The molecule has 0 amide bonds. The van der Waals surface area contributed by atoms with Crippen LogP contribution in [0.5, 0.6) is 0 Å². The van der Waals surface area contributed by atoms with Crippen molar-refractivity contribution in [2.75, 3.05) is 0 Å². The average Bonchev–Trinajstić information content (AvgIpc) is 2.59. The third-order valence-electron chi connectivity index (χ3n) is 2.36. The SMILES string of the molecule is CC(C)=C(C)c1nc2ccccc2o1. The molecule has 0 saturated heterocycles. The smallest absolute Gasteiger partial charge is 0.222 e. The number of benzene rings is 1. The Balaban J connectivity index is 2.61. The Morgan fingerprint density at radius 1 is 1.14 bits per heavy atom. The molecule has 2 rings (SSSR count). The van der Waals surface area contributed by atoms with E-state index in [9.17, 15) is 0 Å². The van der Waals surface area contributed by atoms with Crippen molar-refractivity contribution < 1.29 is 4.42 Å². The molecule has 2 nitrogen and oxygen atoms in total. The molecule has 72 valence electrons. The molecule has 2 aromatic rings. The zero-order valence-corrected chi connectivity index (χ0v) is 8.66. The van der Waals surface area contributed by atoms with E-state index < -0.39 is 0 Å². The van der Waals surface area contributed by atoms with E-state index in [4.69, 9.17) is 4.42 Å². The summed E-state index contributed by atoms with van der Waals surface area (Å²) in [6.07, 6.45) is 0. The monoisotopic (exact) mass is 187 g/mol. The summed E-state index contributed by atoms with van der Waals surface area (Å²) in [5, 5.41) is 0. The van der Waals surface area contributed by atoms with Crippen LogP contribution in [-0.4, -0.2) is 4.98 Å². The third kappa shape index (κ3) is 1.43. The van der Waals surface area contributed by atoms with Crippen molar-refractivity contribution in [2.45, 2.75) is 20.8 Å². The van der Waals surface area contributed by atoms with Gasteiger partial charge in [0, 0.05) is 5.57 Å². The zero-order chi connectivity index (χ0) is 10.1. The topological polar surface area (TPSA) is 26.0 Å². The quantitative estimate of drug-likeness (QED) is 0.681. The molecule has 0 atom stereocenters. The van der Waals surface area contributed by atoms with Crippen molar-refractivity contribution in [2.24, 2.45) is 0 Å². The molecule has 0 saturated carbocycles. The Kier molecular flexibility index (Phi) is 2.12. The lowest BCUT2D eigenvalue weighted by Gasteiger charge is -1.95. The molecule has 0 radical (unpaired) electrons. The number of hydrogen-bond donors (Lipinski definition) is 0. The van der Waals surface area contributed by atoms with E-state index in [1.54, 1.807) is 0 Å². The fourth-order valence-corrected chi connectivity index (χ4v) is 1.25. The van der Waals surface area contributed by atoms with Gasteiger partial charge in [-0.2, -0.15) is 0 Å². The predicted octanol–water partition coefficient (Wildman–Crippen LogP) is 3.64. The van der Waals surface area contributed by atoms with Crippen LogP contribution >= 0.6 is 0 Å². The molecule has 0 bridgehead atoms. The first-order chi connectivity index (χ1) is 6.68. The van der Waals surface area contributed by atoms with E-state index in [2.05, 4.69) is 18.8 Å². The van der Waals surface area contributed by atoms with Gasteiger partial charge in [0.1, 0.15) is 5.52 Å². The van der Waals surface area contributed by atoms with Gasteiger partial charge in [0.15, 0.2) is 5.58 Å². The molecule has 1 heterocycles. The van der Waals surface area contributed by atoms with Crippen LogP contribution in [0.15, 0.2) is 34.3 Å². The van der Waals surface area contributed by atoms with Gasteiger partial charge in [-0.25, -0.2) is 4.98 Å². The lowest BCUT2D eigenvalue weighted by molar-refractivity contribution is 0.583. The molecule has 14 heavy (non-hydrogen) atoms. The van der Waals surface area contributed by atoms with Crippen molar-refractivity contribution in [1.29, 1.82) is 0 Å². The van der Waals surface area contributed by atoms with E-state index in [1.807, 2.05) is 31.2 Å². The molecule has 0 fully saturated rings. The highest BCUT2D eigenvalue weighted by molar-refractivity contribution is 5.75. The first-order valence-electron chi connectivity index (χ1n) is 4.68. The van der Waals surface area contributed by atoms with E-state index >= 15 is 0 Å². The largest absolute Gasteiger partial charge is 0.436 e. The maximum absolute atomic E-state index is 5.62. The summed E-state index contributed by atoms with van der Waals surface area (Å²) >= 11 is 0. The number of para-hydroxylation sites is 2. The van der Waals surface area contributed by atoms with Crippen LogP contribution < -0.4 is 0 Å². The Morgan fingerprint density at radius 3 is 2.50 bits per heavy atom. The summed E-state index contributed by atoms with van der Waals surface area (Å²) < 4.78 is 5.62. The van der Waals surface area contributed by atoms with Gasteiger partial charge in [-0.1, -0.05) is 17.7 Å². The van der Waals surface area contributed by atoms with Crippen LogP contribution in [0.3, 0.4) is 0 Å². The number of rotatable bonds is 1. The average molecular weight is 187 g/mol. The van der Waals surface area contributed by atoms with Crippen LogP contribution in [0.25, 0.3) is 16.7 Å². The first kappa shape index (κ1) is 9.00. The number of nitrogens with zero attached hydrogens (tertiary/aromatic N) is 1. The standard InChI is InChI=1S/C12H13NO/c1-8(2)9(3)12-13-10-6-4-5-7-11(10)14-12/h4-7H,1-3H3. The predicted molar refractivity (Wildman–Crippen MR) is 58.0 cm³/mol. The Labute approximate surface area is 83.3 Å². The van der Waals surface area contributed by atoms with Crippen LogP contribution in [0.4, 0.5) is 0 Å². The molecule has 0 spiro atoms. The van der Waals surface area contributed by atoms with Gasteiger partial charge in [-0.15, -0.1) is 0 Å². The van der Waals surface area contributed by atoms with Crippen molar-refractivity contribution >= 4 is 16.7 Å². The van der Waals surface area contributed by atoms with Gasteiger partial charge >= 0.3 is 0 Å². The highest BCUT2D eigenvalue weighted by Gasteiger charge is 2.06. The number of fused-ring (bicyclic) bond motifs is 1. The lowest BCUT2D eigenvalue weighted by atomic mass is 10.2. The zero-order valence-electron chi connectivity index (χ0n) is 8.66. The molecule has 0 aliphatic heterocycles. The maximum Gasteiger partial charge on any atom is 0.222 e. The summed E-state index contributed by atoms with van der Waals surface area (Å²) in [5.41, 5.74) is 4.11. The van der Waals surface area contributed by atoms with Crippen molar-refractivity contribution in [3.8, 4) is 0 Å². The van der Waals surface area contributed by atoms with Gasteiger partial charge < -0.3 is 4.42 Å². The van der Waals surface area contributed by atoms with Crippen LogP contribution in [0.1, 0.15) is 26.7 Å².